The van der Waals surface area contributed by atoms with Gasteiger partial charge >= 0.3 is 0 Å². The zero-order valence-electron chi connectivity index (χ0n) is 21.0. The van der Waals surface area contributed by atoms with Crippen LogP contribution in [-0.4, -0.2) is 30.4 Å². The quantitative estimate of drug-likeness (QED) is 0.491. The number of hydrogen-bond donors (Lipinski definition) is 2. The van der Waals surface area contributed by atoms with Crippen LogP contribution in [0.5, 0.6) is 5.75 Å². The van der Waals surface area contributed by atoms with E-state index in [9.17, 15) is 14.4 Å². The number of nitrogens with one attached hydrogen (secondary N) is 2. The van der Waals surface area contributed by atoms with Gasteiger partial charge in [0.2, 0.25) is 11.8 Å². The van der Waals surface area contributed by atoms with Gasteiger partial charge in [-0.05, 0) is 66.4 Å². The molecule has 0 aromatic heterocycles. The molecule has 0 saturated carbocycles. The first-order valence-corrected chi connectivity index (χ1v) is 12.0. The van der Waals surface area contributed by atoms with Crippen molar-refractivity contribution in [3.8, 4) is 5.75 Å². The lowest BCUT2D eigenvalue weighted by atomic mass is 9.86. The Balaban J connectivity index is 1.60. The first-order valence-electron chi connectivity index (χ1n) is 12.0. The molecule has 36 heavy (non-hydrogen) atoms. The van der Waals surface area contributed by atoms with Gasteiger partial charge in [-0.15, -0.1) is 0 Å². The summed E-state index contributed by atoms with van der Waals surface area (Å²) >= 11 is 0. The predicted octanol–water partition coefficient (Wildman–Crippen LogP) is 5.38. The first kappa shape index (κ1) is 25.0. The topological polar surface area (TPSA) is 87.7 Å². The zero-order valence-corrected chi connectivity index (χ0v) is 21.0. The van der Waals surface area contributed by atoms with Gasteiger partial charge in [0, 0.05) is 11.3 Å². The molecule has 186 valence electrons. The Morgan fingerprint density at radius 2 is 1.64 bits per heavy atom. The molecule has 1 aliphatic rings. The molecule has 0 unspecified atom stereocenters. The number of anilines is 3. The van der Waals surface area contributed by atoms with E-state index in [0.29, 0.717) is 35.0 Å². The SMILES string of the molecule is CCOc1ccc(NC(=O)C[C@@H]2C(=O)Nc3ccccc3N2C(=O)c2ccc(C(C)(C)C)cc2)cc1. The van der Waals surface area contributed by atoms with Gasteiger partial charge in [0.15, 0.2) is 0 Å². The number of ether oxygens (including phenoxy) is 1. The van der Waals surface area contributed by atoms with Crippen LogP contribution in [0.4, 0.5) is 17.1 Å². The molecule has 3 aromatic carbocycles. The lowest BCUT2D eigenvalue weighted by molar-refractivity contribution is -0.122. The maximum atomic E-state index is 13.7. The standard InChI is InChI=1S/C29H31N3O4/c1-5-36-22-16-14-21(15-17-22)30-26(33)18-25-27(34)31-23-8-6-7-9-24(23)32(25)28(35)19-10-12-20(13-11-19)29(2,3)4/h6-17,25H,5,18H2,1-4H3,(H,30,33)(H,31,34)/t25-/m1/s1. The van der Waals surface area contributed by atoms with E-state index in [0.717, 1.165) is 5.56 Å². The molecule has 0 spiro atoms. The number of nitrogens with zero attached hydrogens (tertiary/aromatic N) is 1. The molecule has 4 rings (SSSR count). The maximum absolute atomic E-state index is 13.7. The van der Waals surface area contributed by atoms with Gasteiger partial charge in [-0.1, -0.05) is 45.0 Å². The Labute approximate surface area is 211 Å². The fourth-order valence-electron chi connectivity index (χ4n) is 4.17. The van der Waals surface area contributed by atoms with Crippen LogP contribution in [0.2, 0.25) is 0 Å². The van der Waals surface area contributed by atoms with Crippen LogP contribution in [0.1, 0.15) is 50.0 Å². The van der Waals surface area contributed by atoms with E-state index in [2.05, 4.69) is 31.4 Å². The van der Waals surface area contributed by atoms with E-state index in [1.165, 1.54) is 4.90 Å². The van der Waals surface area contributed by atoms with Crippen LogP contribution in [0, 0.1) is 0 Å². The molecule has 0 bridgehead atoms. The van der Waals surface area contributed by atoms with Crippen molar-refractivity contribution in [3.05, 3.63) is 83.9 Å². The van der Waals surface area contributed by atoms with Gasteiger partial charge in [0.25, 0.3) is 5.91 Å². The number of carbonyl (C=O) groups excluding carboxylic acids is 3. The summed E-state index contributed by atoms with van der Waals surface area (Å²) in [5, 5.41) is 5.65. The lowest BCUT2D eigenvalue weighted by Gasteiger charge is -2.36. The van der Waals surface area contributed by atoms with E-state index in [-0.39, 0.29) is 23.7 Å². The summed E-state index contributed by atoms with van der Waals surface area (Å²) < 4.78 is 5.43. The highest BCUT2D eigenvalue weighted by molar-refractivity contribution is 6.17. The number of fused-ring (bicyclic) bond motifs is 1. The summed E-state index contributed by atoms with van der Waals surface area (Å²) in [5.41, 5.74) is 3.16. The second-order valence-corrected chi connectivity index (χ2v) is 9.73. The van der Waals surface area contributed by atoms with Crippen molar-refractivity contribution in [1.29, 1.82) is 0 Å². The summed E-state index contributed by atoms with van der Waals surface area (Å²) in [5.74, 6) is -0.417. The van der Waals surface area contributed by atoms with E-state index in [4.69, 9.17) is 4.74 Å². The minimum atomic E-state index is -1.00. The second kappa shape index (κ2) is 10.2. The highest BCUT2D eigenvalue weighted by atomic mass is 16.5. The number of para-hydroxylation sites is 2. The van der Waals surface area contributed by atoms with Crippen LogP contribution in [0.15, 0.2) is 72.8 Å². The van der Waals surface area contributed by atoms with Crippen molar-refractivity contribution in [2.45, 2.75) is 45.6 Å². The first-order chi connectivity index (χ1) is 17.2. The molecule has 3 aromatic rings. The van der Waals surface area contributed by atoms with Crippen LogP contribution in [0.25, 0.3) is 0 Å². The van der Waals surface area contributed by atoms with Crippen molar-refractivity contribution >= 4 is 34.8 Å². The monoisotopic (exact) mass is 485 g/mol. The van der Waals surface area contributed by atoms with E-state index in [1.807, 2.05) is 19.1 Å². The number of benzene rings is 3. The van der Waals surface area contributed by atoms with Crippen LogP contribution >= 0.6 is 0 Å². The second-order valence-electron chi connectivity index (χ2n) is 9.73. The van der Waals surface area contributed by atoms with Crippen molar-refractivity contribution < 1.29 is 19.1 Å². The third kappa shape index (κ3) is 5.40. The fraction of sp³-hybridized carbons (Fsp3) is 0.276. The average molecular weight is 486 g/mol. The van der Waals surface area contributed by atoms with Gasteiger partial charge in [0.1, 0.15) is 11.8 Å². The molecule has 1 aliphatic heterocycles. The van der Waals surface area contributed by atoms with Gasteiger partial charge in [-0.2, -0.15) is 0 Å². The Morgan fingerprint density at radius 3 is 2.28 bits per heavy atom. The summed E-state index contributed by atoms with van der Waals surface area (Å²) in [6.07, 6.45) is -0.195. The minimum absolute atomic E-state index is 0.0549. The molecule has 7 heteroatoms. The van der Waals surface area contributed by atoms with Crippen molar-refractivity contribution in [1.82, 2.24) is 0 Å². The Kier molecular flexibility index (Phi) is 7.10. The number of carbonyl (C=O) groups is 3. The van der Waals surface area contributed by atoms with E-state index >= 15 is 0 Å². The summed E-state index contributed by atoms with van der Waals surface area (Å²) in [7, 11) is 0. The smallest absolute Gasteiger partial charge is 0.259 e. The number of hydrogen-bond acceptors (Lipinski definition) is 4. The van der Waals surface area contributed by atoms with Gasteiger partial charge in [0.05, 0.1) is 24.4 Å². The molecule has 3 amide bonds. The Hall–Kier alpha value is -4.13. The number of rotatable bonds is 6. The third-order valence-corrected chi connectivity index (χ3v) is 6.08. The molecule has 1 heterocycles. The average Bonchev–Trinajstić information content (AvgIpc) is 2.85. The maximum Gasteiger partial charge on any atom is 0.259 e. The third-order valence-electron chi connectivity index (χ3n) is 6.08. The summed E-state index contributed by atoms with van der Waals surface area (Å²) in [6, 6.07) is 20.5. The van der Waals surface area contributed by atoms with Crippen molar-refractivity contribution in [2.24, 2.45) is 0 Å². The highest BCUT2D eigenvalue weighted by Crippen LogP contribution is 2.34. The predicted molar refractivity (Wildman–Crippen MR) is 142 cm³/mol. The highest BCUT2D eigenvalue weighted by Gasteiger charge is 2.38. The van der Waals surface area contributed by atoms with Gasteiger partial charge in [-0.25, -0.2) is 0 Å². The Morgan fingerprint density at radius 1 is 0.972 bits per heavy atom. The lowest BCUT2D eigenvalue weighted by Crippen LogP contribution is -2.52. The molecule has 2 N–H and O–H groups in total. The molecule has 0 saturated heterocycles. The molecule has 0 radical (unpaired) electrons. The summed E-state index contributed by atoms with van der Waals surface area (Å²) in [6.45, 7) is 8.76. The summed E-state index contributed by atoms with van der Waals surface area (Å²) in [4.78, 5) is 41.2. The minimum Gasteiger partial charge on any atom is -0.494 e. The molecular formula is C29H31N3O4. The van der Waals surface area contributed by atoms with Gasteiger partial charge < -0.3 is 15.4 Å². The molecule has 7 nitrogen and oxygen atoms in total. The molecular weight excluding hydrogens is 454 g/mol. The molecule has 1 atom stereocenters. The molecule has 0 aliphatic carbocycles. The van der Waals surface area contributed by atoms with Crippen LogP contribution < -0.4 is 20.3 Å². The van der Waals surface area contributed by atoms with Crippen LogP contribution in [-0.2, 0) is 15.0 Å². The van der Waals surface area contributed by atoms with Gasteiger partial charge in [-0.3, -0.25) is 19.3 Å². The van der Waals surface area contributed by atoms with Crippen molar-refractivity contribution in [3.63, 3.8) is 0 Å². The van der Waals surface area contributed by atoms with E-state index < -0.39 is 11.9 Å². The Bertz CT molecular complexity index is 1260. The normalized spacial score (nSPS) is 15.1. The largest absolute Gasteiger partial charge is 0.494 e. The van der Waals surface area contributed by atoms with Crippen molar-refractivity contribution in [2.75, 3.05) is 22.1 Å². The van der Waals surface area contributed by atoms with E-state index in [1.54, 1.807) is 60.7 Å². The molecule has 0 fully saturated rings. The zero-order chi connectivity index (χ0) is 25.9. The fourth-order valence-corrected chi connectivity index (χ4v) is 4.17. The number of amides is 3. The van der Waals surface area contributed by atoms with Crippen LogP contribution in [0.3, 0.4) is 0 Å².